The second-order valence-corrected chi connectivity index (χ2v) is 9.33. The number of aliphatic carboxylic acids is 1. The van der Waals surface area contributed by atoms with E-state index in [1.54, 1.807) is 6.92 Å². The van der Waals surface area contributed by atoms with Crippen molar-refractivity contribution in [3.8, 4) is 17.1 Å². The van der Waals surface area contributed by atoms with Crippen molar-refractivity contribution >= 4 is 28.5 Å². The summed E-state index contributed by atoms with van der Waals surface area (Å²) in [5.74, 6) is -0.559. The monoisotopic (exact) mass is 500 g/mol. The molecule has 1 amide bonds. The first kappa shape index (κ1) is 24.3. The van der Waals surface area contributed by atoms with Crippen LogP contribution in [0.1, 0.15) is 34.8 Å². The molecule has 0 bridgehead atoms. The van der Waals surface area contributed by atoms with Crippen molar-refractivity contribution in [1.82, 2.24) is 15.3 Å². The van der Waals surface area contributed by atoms with E-state index in [0.29, 0.717) is 23.9 Å². The maximum absolute atomic E-state index is 12.3. The van der Waals surface area contributed by atoms with Crippen LogP contribution < -0.4 is 10.2 Å². The van der Waals surface area contributed by atoms with E-state index in [2.05, 4.69) is 50.5 Å². The number of carboxylic acids is 1. The highest BCUT2D eigenvalue weighted by molar-refractivity contribution is 5.96. The predicted molar refractivity (Wildman–Crippen MR) is 139 cm³/mol. The van der Waals surface area contributed by atoms with E-state index in [-0.39, 0.29) is 11.4 Å². The van der Waals surface area contributed by atoms with Crippen molar-refractivity contribution in [1.29, 1.82) is 0 Å². The zero-order chi connectivity index (χ0) is 25.9. The summed E-state index contributed by atoms with van der Waals surface area (Å²) >= 11 is 0. The molecule has 3 N–H and O–H groups in total. The van der Waals surface area contributed by atoms with Crippen LogP contribution >= 0.6 is 0 Å². The Balaban J connectivity index is 1.20. The number of anilines is 1. The fourth-order valence-corrected chi connectivity index (χ4v) is 4.73. The van der Waals surface area contributed by atoms with Crippen LogP contribution in [0.2, 0.25) is 0 Å². The summed E-state index contributed by atoms with van der Waals surface area (Å²) < 4.78 is 5.98. The minimum atomic E-state index is -1.17. The van der Waals surface area contributed by atoms with Gasteiger partial charge in [-0.3, -0.25) is 9.59 Å². The van der Waals surface area contributed by atoms with E-state index >= 15 is 0 Å². The molecule has 1 fully saturated rings. The Kier molecular flexibility index (Phi) is 6.76. The molecule has 0 unspecified atom stereocenters. The van der Waals surface area contributed by atoms with Gasteiger partial charge in [-0.05, 0) is 62.1 Å². The summed E-state index contributed by atoms with van der Waals surface area (Å²) in [5.41, 5.74) is 3.19. The Morgan fingerprint density at radius 1 is 1.08 bits per heavy atom. The molecule has 0 spiro atoms. The van der Waals surface area contributed by atoms with Gasteiger partial charge in [-0.25, -0.2) is 9.97 Å². The molecule has 1 aliphatic heterocycles. The van der Waals surface area contributed by atoms with Crippen molar-refractivity contribution in [2.75, 3.05) is 24.5 Å². The Morgan fingerprint density at radius 3 is 2.51 bits per heavy atom. The van der Waals surface area contributed by atoms with Crippen LogP contribution in [-0.2, 0) is 11.2 Å². The van der Waals surface area contributed by atoms with Gasteiger partial charge in [0.15, 0.2) is 11.4 Å². The molecule has 2 aromatic heterocycles. The third-order valence-corrected chi connectivity index (χ3v) is 6.75. The number of benzene rings is 2. The summed E-state index contributed by atoms with van der Waals surface area (Å²) in [6, 6.07) is 18.5. The summed E-state index contributed by atoms with van der Waals surface area (Å²) in [7, 11) is 0. The molecule has 3 heterocycles. The lowest BCUT2D eigenvalue weighted by molar-refractivity contribution is -0.135. The second-order valence-electron chi connectivity index (χ2n) is 9.33. The van der Waals surface area contributed by atoms with Crippen LogP contribution in [0.15, 0.2) is 59.0 Å². The molecule has 37 heavy (non-hydrogen) atoms. The van der Waals surface area contributed by atoms with Gasteiger partial charge in [0.25, 0.3) is 5.91 Å². The van der Waals surface area contributed by atoms with E-state index < -0.39 is 18.4 Å². The van der Waals surface area contributed by atoms with E-state index in [9.17, 15) is 14.7 Å². The van der Waals surface area contributed by atoms with Crippen LogP contribution in [-0.4, -0.2) is 51.7 Å². The first-order valence-electron chi connectivity index (χ1n) is 12.3. The number of aromatic hydroxyl groups is 1. The van der Waals surface area contributed by atoms with Gasteiger partial charge in [-0.2, -0.15) is 0 Å². The molecule has 1 saturated heterocycles. The van der Waals surface area contributed by atoms with Gasteiger partial charge in [-0.1, -0.05) is 18.2 Å². The Morgan fingerprint density at radius 2 is 1.81 bits per heavy atom. The number of carbonyl (C=O) groups is 2. The molecule has 4 aromatic rings. The van der Waals surface area contributed by atoms with Crippen molar-refractivity contribution in [3.63, 3.8) is 0 Å². The Labute approximate surface area is 213 Å². The number of carboxylic acid groups (broad SMARTS) is 1. The zero-order valence-electron chi connectivity index (χ0n) is 20.5. The van der Waals surface area contributed by atoms with Gasteiger partial charge in [0.05, 0.1) is 5.69 Å². The number of fused-ring (bicyclic) bond motifs is 1. The van der Waals surface area contributed by atoms with Gasteiger partial charge >= 0.3 is 5.97 Å². The lowest BCUT2D eigenvalue weighted by Gasteiger charge is -2.33. The molecule has 9 nitrogen and oxygen atoms in total. The molecule has 0 aliphatic carbocycles. The van der Waals surface area contributed by atoms with E-state index in [0.717, 1.165) is 53.9 Å². The van der Waals surface area contributed by atoms with Crippen molar-refractivity contribution in [2.45, 2.75) is 26.2 Å². The molecule has 0 atom stereocenters. The minimum absolute atomic E-state index is 0.189. The van der Waals surface area contributed by atoms with Gasteiger partial charge < -0.3 is 24.8 Å². The van der Waals surface area contributed by atoms with Crippen LogP contribution in [0.5, 0.6) is 5.75 Å². The molecule has 2 aromatic carbocycles. The normalized spacial score (nSPS) is 14.1. The second kappa shape index (κ2) is 10.3. The average Bonchev–Trinajstić information content (AvgIpc) is 3.34. The molecule has 9 heteroatoms. The molecular weight excluding hydrogens is 472 g/mol. The number of hydrogen-bond donors (Lipinski definition) is 3. The van der Waals surface area contributed by atoms with Crippen LogP contribution in [0.3, 0.4) is 0 Å². The minimum Gasteiger partial charge on any atom is -0.504 e. The third kappa shape index (κ3) is 5.40. The standard InChI is InChI=1S/C28H28N4O5/c1-17-27(35)26(28(36)29-16-25(33)34)31-24(30-17)14-18-10-12-32(13-11-18)21-8-6-19(7-9-21)23-15-20-4-2-3-5-22(20)37-23/h2-9,15,18,35H,10-14,16H2,1H3,(H,29,36)(H,33,34). The molecular formula is C28H28N4O5. The quantitative estimate of drug-likeness (QED) is 0.345. The SMILES string of the molecule is Cc1nc(CC2CCN(c3ccc(-c4cc5ccccc5o4)cc3)CC2)nc(C(=O)NCC(=O)O)c1O. The van der Waals surface area contributed by atoms with Crippen LogP contribution in [0.4, 0.5) is 5.69 Å². The van der Waals surface area contributed by atoms with Crippen LogP contribution in [0, 0.1) is 12.8 Å². The maximum atomic E-state index is 12.3. The topological polar surface area (TPSA) is 129 Å². The molecule has 0 radical (unpaired) electrons. The van der Waals surface area contributed by atoms with Gasteiger partial charge in [0.2, 0.25) is 0 Å². The number of para-hydroxylation sites is 1. The number of nitrogens with zero attached hydrogens (tertiary/aromatic N) is 3. The summed E-state index contributed by atoms with van der Waals surface area (Å²) in [4.78, 5) is 34.0. The average molecular weight is 501 g/mol. The largest absolute Gasteiger partial charge is 0.504 e. The molecule has 0 saturated carbocycles. The Hall–Kier alpha value is -4.40. The maximum Gasteiger partial charge on any atom is 0.322 e. The first-order valence-corrected chi connectivity index (χ1v) is 12.3. The number of nitrogens with one attached hydrogen (secondary N) is 1. The highest BCUT2D eigenvalue weighted by Crippen LogP contribution is 2.31. The third-order valence-electron chi connectivity index (χ3n) is 6.75. The van der Waals surface area contributed by atoms with Crippen molar-refractivity contribution in [2.24, 2.45) is 5.92 Å². The molecule has 190 valence electrons. The fraction of sp³-hybridized carbons (Fsp3) is 0.286. The van der Waals surface area contributed by atoms with E-state index in [4.69, 9.17) is 9.52 Å². The number of furan rings is 1. The van der Waals surface area contributed by atoms with Crippen molar-refractivity contribution < 1.29 is 24.2 Å². The molecule has 1 aliphatic rings. The summed E-state index contributed by atoms with van der Waals surface area (Å²) in [6.45, 7) is 2.83. The first-order chi connectivity index (χ1) is 17.9. The highest BCUT2D eigenvalue weighted by atomic mass is 16.4. The van der Waals surface area contributed by atoms with Crippen molar-refractivity contribution in [3.05, 3.63) is 71.8 Å². The number of amides is 1. The van der Waals surface area contributed by atoms with E-state index in [1.165, 1.54) is 0 Å². The number of aromatic nitrogens is 2. The lowest BCUT2D eigenvalue weighted by atomic mass is 9.92. The fourth-order valence-electron chi connectivity index (χ4n) is 4.73. The predicted octanol–water partition coefficient (Wildman–Crippen LogP) is 4.18. The Bertz CT molecular complexity index is 1410. The highest BCUT2D eigenvalue weighted by Gasteiger charge is 2.23. The van der Waals surface area contributed by atoms with Gasteiger partial charge in [0, 0.05) is 36.1 Å². The number of piperidine rings is 1. The summed E-state index contributed by atoms with van der Waals surface area (Å²) in [5, 5.41) is 22.3. The number of aryl methyl sites for hydroxylation is 1. The molecule has 5 rings (SSSR count). The number of rotatable bonds is 7. The van der Waals surface area contributed by atoms with Gasteiger partial charge in [-0.15, -0.1) is 0 Å². The van der Waals surface area contributed by atoms with Crippen LogP contribution in [0.25, 0.3) is 22.3 Å². The smallest absolute Gasteiger partial charge is 0.322 e. The summed E-state index contributed by atoms with van der Waals surface area (Å²) in [6.07, 6.45) is 2.46. The zero-order valence-corrected chi connectivity index (χ0v) is 20.5. The van der Waals surface area contributed by atoms with E-state index in [1.807, 2.05) is 24.3 Å². The van der Waals surface area contributed by atoms with Gasteiger partial charge in [0.1, 0.15) is 23.7 Å². The number of hydrogen-bond acceptors (Lipinski definition) is 7. The lowest BCUT2D eigenvalue weighted by Crippen LogP contribution is -2.34. The number of carbonyl (C=O) groups excluding carboxylic acids is 1.